The summed E-state index contributed by atoms with van der Waals surface area (Å²) in [6.45, 7) is 4.09. The summed E-state index contributed by atoms with van der Waals surface area (Å²) < 4.78 is 1.47. The van der Waals surface area contributed by atoms with Gasteiger partial charge in [0.1, 0.15) is 0 Å². The van der Waals surface area contributed by atoms with E-state index < -0.39 is 0 Å². The van der Waals surface area contributed by atoms with Crippen molar-refractivity contribution >= 4 is 11.6 Å². The van der Waals surface area contributed by atoms with Crippen molar-refractivity contribution in [2.45, 2.75) is 26.3 Å². The first kappa shape index (κ1) is 13.8. The SMILES string of the molecule is CC[C@H](C)[C@H](N)c1n[nH]c(=O)n1-c1cccc(Cl)c1. The lowest BCUT2D eigenvalue weighted by Gasteiger charge is -2.18. The predicted octanol–water partition coefficient (Wildman–Crippen LogP) is 2.26. The second-order valence-corrected chi connectivity index (χ2v) is 5.05. The van der Waals surface area contributed by atoms with Gasteiger partial charge < -0.3 is 5.73 Å². The number of halogens is 1. The molecule has 0 bridgehead atoms. The van der Waals surface area contributed by atoms with Crippen LogP contribution in [0.1, 0.15) is 32.1 Å². The van der Waals surface area contributed by atoms with Crippen LogP contribution >= 0.6 is 11.6 Å². The number of nitrogens with zero attached hydrogens (tertiary/aromatic N) is 2. The zero-order valence-corrected chi connectivity index (χ0v) is 11.7. The van der Waals surface area contributed by atoms with E-state index in [-0.39, 0.29) is 17.6 Å². The lowest BCUT2D eigenvalue weighted by Crippen LogP contribution is -2.25. The average Bonchev–Trinajstić information content (AvgIpc) is 2.78. The molecule has 0 fully saturated rings. The molecule has 2 aromatic rings. The van der Waals surface area contributed by atoms with E-state index in [1.165, 1.54) is 4.57 Å². The Morgan fingerprint density at radius 3 is 2.89 bits per heavy atom. The molecule has 19 heavy (non-hydrogen) atoms. The van der Waals surface area contributed by atoms with Gasteiger partial charge in [0.2, 0.25) is 0 Å². The molecule has 3 N–H and O–H groups in total. The van der Waals surface area contributed by atoms with E-state index in [9.17, 15) is 4.79 Å². The highest BCUT2D eigenvalue weighted by atomic mass is 35.5. The second kappa shape index (κ2) is 5.59. The highest BCUT2D eigenvalue weighted by Crippen LogP contribution is 2.22. The lowest BCUT2D eigenvalue weighted by atomic mass is 9.99. The van der Waals surface area contributed by atoms with Crippen LogP contribution in [-0.2, 0) is 0 Å². The number of hydrogen-bond donors (Lipinski definition) is 2. The van der Waals surface area contributed by atoms with Gasteiger partial charge in [-0.1, -0.05) is 37.9 Å². The highest BCUT2D eigenvalue weighted by Gasteiger charge is 2.21. The van der Waals surface area contributed by atoms with Gasteiger partial charge in [-0.15, -0.1) is 0 Å². The summed E-state index contributed by atoms with van der Waals surface area (Å²) in [6, 6.07) is 6.75. The van der Waals surface area contributed by atoms with Gasteiger partial charge in [-0.05, 0) is 24.1 Å². The topological polar surface area (TPSA) is 76.7 Å². The Morgan fingerprint density at radius 2 is 2.26 bits per heavy atom. The number of benzene rings is 1. The van der Waals surface area contributed by atoms with Crippen molar-refractivity contribution in [3.05, 3.63) is 45.6 Å². The van der Waals surface area contributed by atoms with Crippen LogP contribution in [0.15, 0.2) is 29.1 Å². The number of nitrogens with two attached hydrogens (primary N) is 1. The third-order valence-electron chi connectivity index (χ3n) is 3.32. The maximum Gasteiger partial charge on any atom is 0.347 e. The molecule has 0 aliphatic heterocycles. The summed E-state index contributed by atoms with van der Waals surface area (Å²) in [5.74, 6) is 0.759. The summed E-state index contributed by atoms with van der Waals surface area (Å²) in [5, 5.41) is 7.06. The highest BCUT2D eigenvalue weighted by molar-refractivity contribution is 6.30. The molecule has 2 rings (SSSR count). The number of H-pyrrole nitrogens is 1. The summed E-state index contributed by atoms with van der Waals surface area (Å²) >= 11 is 5.96. The molecule has 102 valence electrons. The minimum absolute atomic E-state index is 0.230. The zero-order valence-electron chi connectivity index (χ0n) is 10.9. The van der Waals surface area contributed by atoms with E-state index in [2.05, 4.69) is 17.1 Å². The number of nitrogens with one attached hydrogen (secondary N) is 1. The van der Waals surface area contributed by atoms with Crippen molar-refractivity contribution in [2.75, 3.05) is 0 Å². The Labute approximate surface area is 116 Å². The summed E-state index contributed by atoms with van der Waals surface area (Å²) in [5.41, 5.74) is 6.52. The fourth-order valence-electron chi connectivity index (χ4n) is 1.91. The van der Waals surface area contributed by atoms with E-state index in [4.69, 9.17) is 17.3 Å². The van der Waals surface area contributed by atoms with E-state index in [1.807, 2.05) is 6.92 Å². The molecule has 1 aromatic carbocycles. The van der Waals surface area contributed by atoms with Gasteiger partial charge >= 0.3 is 5.69 Å². The standard InChI is InChI=1S/C13H17ClN4O/c1-3-8(2)11(15)12-16-17-13(19)18(12)10-6-4-5-9(14)7-10/h4-8,11H,3,15H2,1-2H3,(H,17,19)/t8-,11-/m0/s1. The molecule has 5 nitrogen and oxygen atoms in total. The first-order valence-electron chi connectivity index (χ1n) is 6.23. The van der Waals surface area contributed by atoms with Gasteiger partial charge in [-0.3, -0.25) is 0 Å². The van der Waals surface area contributed by atoms with Crippen LogP contribution in [0.3, 0.4) is 0 Å². The molecule has 0 saturated carbocycles. The van der Waals surface area contributed by atoms with Crippen LogP contribution in [0.5, 0.6) is 0 Å². The van der Waals surface area contributed by atoms with Crippen molar-refractivity contribution in [3.8, 4) is 5.69 Å². The Bertz CT molecular complexity index is 619. The van der Waals surface area contributed by atoms with Gasteiger partial charge in [0, 0.05) is 5.02 Å². The number of aromatic nitrogens is 3. The smallest absolute Gasteiger partial charge is 0.321 e. The monoisotopic (exact) mass is 280 g/mol. The van der Waals surface area contributed by atoms with Crippen molar-refractivity contribution in [2.24, 2.45) is 11.7 Å². The quantitative estimate of drug-likeness (QED) is 0.902. The molecular weight excluding hydrogens is 264 g/mol. The van der Waals surface area contributed by atoms with Crippen molar-refractivity contribution in [1.29, 1.82) is 0 Å². The molecule has 6 heteroatoms. The minimum Gasteiger partial charge on any atom is -0.321 e. The van der Waals surface area contributed by atoms with E-state index in [1.54, 1.807) is 24.3 Å². The lowest BCUT2D eigenvalue weighted by molar-refractivity contribution is 0.433. The van der Waals surface area contributed by atoms with Crippen molar-refractivity contribution in [3.63, 3.8) is 0 Å². The molecule has 2 atom stereocenters. The molecule has 1 heterocycles. The Hall–Kier alpha value is -1.59. The molecule has 0 aliphatic carbocycles. The van der Waals surface area contributed by atoms with Crippen LogP contribution in [0, 0.1) is 5.92 Å². The Balaban J connectivity index is 2.52. The summed E-state index contributed by atoms with van der Waals surface area (Å²) in [4.78, 5) is 11.9. The van der Waals surface area contributed by atoms with Crippen LogP contribution in [0.2, 0.25) is 5.02 Å². The zero-order chi connectivity index (χ0) is 14.0. The van der Waals surface area contributed by atoms with Crippen molar-refractivity contribution < 1.29 is 0 Å². The van der Waals surface area contributed by atoms with Gasteiger partial charge in [0.15, 0.2) is 5.82 Å². The molecular formula is C13H17ClN4O. The second-order valence-electron chi connectivity index (χ2n) is 4.61. The molecule has 0 amide bonds. The molecule has 0 aliphatic rings. The Kier molecular flexibility index (Phi) is 4.07. The fourth-order valence-corrected chi connectivity index (χ4v) is 2.09. The third kappa shape index (κ3) is 2.72. The van der Waals surface area contributed by atoms with Gasteiger partial charge in [-0.25, -0.2) is 14.5 Å². The third-order valence-corrected chi connectivity index (χ3v) is 3.55. The molecule has 0 unspecified atom stereocenters. The van der Waals surface area contributed by atoms with Crippen molar-refractivity contribution in [1.82, 2.24) is 14.8 Å². The number of aromatic amines is 1. The van der Waals surface area contributed by atoms with E-state index >= 15 is 0 Å². The van der Waals surface area contributed by atoms with Crippen LogP contribution in [-0.4, -0.2) is 14.8 Å². The normalized spacial score (nSPS) is 14.3. The molecule has 0 radical (unpaired) electrons. The molecule has 0 spiro atoms. The summed E-state index contributed by atoms with van der Waals surface area (Å²) in [6.07, 6.45) is 0.914. The van der Waals surface area contributed by atoms with Gasteiger partial charge in [0.25, 0.3) is 0 Å². The van der Waals surface area contributed by atoms with Crippen LogP contribution in [0.25, 0.3) is 5.69 Å². The van der Waals surface area contributed by atoms with E-state index in [0.29, 0.717) is 16.5 Å². The maximum atomic E-state index is 11.9. The minimum atomic E-state index is -0.309. The number of hydrogen-bond acceptors (Lipinski definition) is 3. The predicted molar refractivity (Wildman–Crippen MR) is 75.6 cm³/mol. The average molecular weight is 281 g/mol. The van der Waals surface area contributed by atoms with E-state index in [0.717, 1.165) is 6.42 Å². The number of rotatable bonds is 4. The molecule has 0 saturated heterocycles. The fraction of sp³-hybridized carbons (Fsp3) is 0.385. The first-order chi connectivity index (χ1) is 9.04. The largest absolute Gasteiger partial charge is 0.347 e. The summed E-state index contributed by atoms with van der Waals surface area (Å²) in [7, 11) is 0. The first-order valence-corrected chi connectivity index (χ1v) is 6.61. The Morgan fingerprint density at radius 1 is 1.53 bits per heavy atom. The van der Waals surface area contributed by atoms with Crippen LogP contribution in [0.4, 0.5) is 0 Å². The van der Waals surface area contributed by atoms with Gasteiger partial charge in [0.05, 0.1) is 11.7 Å². The van der Waals surface area contributed by atoms with Crippen LogP contribution < -0.4 is 11.4 Å². The molecule has 1 aromatic heterocycles. The maximum absolute atomic E-state index is 11.9. The van der Waals surface area contributed by atoms with Gasteiger partial charge in [-0.2, -0.15) is 5.10 Å².